The summed E-state index contributed by atoms with van der Waals surface area (Å²) in [7, 11) is 0. The predicted octanol–water partition coefficient (Wildman–Crippen LogP) is 1.32. The van der Waals surface area contributed by atoms with Gasteiger partial charge in [0, 0.05) is 13.1 Å². The van der Waals surface area contributed by atoms with Crippen LogP contribution in [0.4, 0.5) is 0 Å². The second-order valence-electron chi connectivity index (χ2n) is 4.76. The molecule has 0 aromatic heterocycles. The fraction of sp³-hybridized carbons (Fsp3) is 0.533. The first-order chi connectivity index (χ1) is 9.15. The van der Waals surface area contributed by atoms with Crippen molar-refractivity contribution in [3.05, 3.63) is 35.4 Å². The topological polar surface area (TPSA) is 52.6 Å². The van der Waals surface area contributed by atoms with E-state index in [1.54, 1.807) is 0 Å². The Hall–Kier alpha value is -1.39. The number of rotatable bonds is 8. The van der Waals surface area contributed by atoms with Gasteiger partial charge in [-0.3, -0.25) is 9.69 Å². The van der Waals surface area contributed by atoms with E-state index < -0.39 is 0 Å². The summed E-state index contributed by atoms with van der Waals surface area (Å²) in [5.41, 5.74) is 2.32. The molecule has 4 heteroatoms. The van der Waals surface area contributed by atoms with E-state index >= 15 is 0 Å². The highest BCUT2D eigenvalue weighted by atomic mass is 16.3. The average molecular weight is 264 g/mol. The van der Waals surface area contributed by atoms with Crippen molar-refractivity contribution in [3.63, 3.8) is 0 Å². The van der Waals surface area contributed by atoms with Crippen LogP contribution in [0, 0.1) is 6.92 Å². The van der Waals surface area contributed by atoms with Gasteiger partial charge in [-0.15, -0.1) is 0 Å². The lowest BCUT2D eigenvalue weighted by Gasteiger charge is -2.19. The molecule has 1 aromatic carbocycles. The van der Waals surface area contributed by atoms with E-state index in [1.807, 2.05) is 36.1 Å². The van der Waals surface area contributed by atoms with Crippen molar-refractivity contribution in [1.82, 2.24) is 10.2 Å². The molecular weight excluding hydrogens is 240 g/mol. The van der Waals surface area contributed by atoms with Crippen LogP contribution in [0.3, 0.4) is 0 Å². The summed E-state index contributed by atoms with van der Waals surface area (Å²) in [6.45, 7) is 6.47. The summed E-state index contributed by atoms with van der Waals surface area (Å²) in [4.78, 5) is 13.8. The highest BCUT2D eigenvalue weighted by molar-refractivity contribution is 5.78. The van der Waals surface area contributed by atoms with Crippen LogP contribution in [-0.2, 0) is 11.3 Å². The quantitative estimate of drug-likeness (QED) is 0.744. The molecule has 0 spiro atoms. The Morgan fingerprint density at radius 3 is 2.53 bits per heavy atom. The van der Waals surface area contributed by atoms with Crippen molar-refractivity contribution in [1.29, 1.82) is 0 Å². The number of aryl methyl sites for hydroxylation is 1. The number of amides is 1. The maximum absolute atomic E-state index is 11.8. The average Bonchev–Trinajstić information content (AvgIpc) is 2.39. The van der Waals surface area contributed by atoms with Crippen LogP contribution in [0.2, 0.25) is 0 Å². The normalized spacial score (nSPS) is 10.7. The summed E-state index contributed by atoms with van der Waals surface area (Å²) in [6, 6.07) is 8.12. The van der Waals surface area contributed by atoms with E-state index in [0.717, 1.165) is 18.5 Å². The second kappa shape index (κ2) is 8.67. The minimum absolute atomic E-state index is 0.00229. The number of carbonyl (C=O) groups excluding carboxylic acids is 1. The number of hydrogen-bond donors (Lipinski definition) is 2. The largest absolute Gasteiger partial charge is 0.395 e. The monoisotopic (exact) mass is 264 g/mol. The summed E-state index contributed by atoms with van der Waals surface area (Å²) in [5, 5.41) is 11.8. The molecule has 106 valence electrons. The first kappa shape index (κ1) is 15.7. The Morgan fingerprint density at radius 2 is 1.95 bits per heavy atom. The molecule has 0 aliphatic rings. The number of carbonyl (C=O) groups is 1. The van der Waals surface area contributed by atoms with Crippen LogP contribution in [-0.4, -0.2) is 42.2 Å². The van der Waals surface area contributed by atoms with Gasteiger partial charge < -0.3 is 10.4 Å². The van der Waals surface area contributed by atoms with Gasteiger partial charge in [0.05, 0.1) is 13.2 Å². The fourth-order valence-electron chi connectivity index (χ4n) is 1.89. The molecule has 2 N–H and O–H groups in total. The number of nitrogens with one attached hydrogen (secondary N) is 1. The molecule has 0 fully saturated rings. The van der Waals surface area contributed by atoms with Crippen LogP contribution in [0.5, 0.6) is 0 Å². The van der Waals surface area contributed by atoms with E-state index in [2.05, 4.69) is 12.2 Å². The van der Waals surface area contributed by atoms with Crippen molar-refractivity contribution in [3.8, 4) is 0 Å². The molecule has 0 aliphatic carbocycles. The van der Waals surface area contributed by atoms with Crippen molar-refractivity contribution in [2.45, 2.75) is 26.8 Å². The summed E-state index contributed by atoms with van der Waals surface area (Å²) in [6.07, 6.45) is 0.977. The molecule has 0 unspecified atom stereocenters. The zero-order chi connectivity index (χ0) is 14.1. The maximum atomic E-state index is 11.8. The van der Waals surface area contributed by atoms with Gasteiger partial charge in [-0.1, -0.05) is 36.8 Å². The predicted molar refractivity (Wildman–Crippen MR) is 76.8 cm³/mol. The first-order valence-corrected chi connectivity index (χ1v) is 6.81. The number of benzene rings is 1. The molecule has 0 atom stereocenters. The van der Waals surface area contributed by atoms with E-state index in [1.165, 1.54) is 5.56 Å². The molecule has 0 aliphatic heterocycles. The van der Waals surface area contributed by atoms with E-state index in [9.17, 15) is 4.79 Å². The number of aliphatic hydroxyl groups is 1. The van der Waals surface area contributed by atoms with Crippen LogP contribution < -0.4 is 5.32 Å². The van der Waals surface area contributed by atoms with Crippen molar-refractivity contribution < 1.29 is 9.90 Å². The van der Waals surface area contributed by atoms with E-state index in [-0.39, 0.29) is 12.5 Å². The number of hydrogen-bond acceptors (Lipinski definition) is 3. The summed E-state index contributed by atoms with van der Waals surface area (Å²) >= 11 is 0. The molecule has 0 bridgehead atoms. The standard InChI is InChI=1S/C15H24N2O2/c1-3-8-17(9-10-18)12-15(19)16-11-14-6-4-13(2)5-7-14/h4-7,18H,3,8-12H2,1-2H3,(H,16,19). The molecular formula is C15H24N2O2. The van der Waals surface area contributed by atoms with Crippen molar-refractivity contribution >= 4 is 5.91 Å². The van der Waals surface area contributed by atoms with Gasteiger partial charge in [-0.2, -0.15) is 0 Å². The third-order valence-corrected chi connectivity index (χ3v) is 2.93. The van der Waals surface area contributed by atoms with Crippen LogP contribution in [0.25, 0.3) is 0 Å². The third kappa shape index (κ3) is 6.36. The number of aliphatic hydroxyl groups excluding tert-OH is 1. The second-order valence-corrected chi connectivity index (χ2v) is 4.76. The van der Waals surface area contributed by atoms with Crippen LogP contribution in [0.1, 0.15) is 24.5 Å². The molecule has 1 aromatic rings. The van der Waals surface area contributed by atoms with Gasteiger partial charge in [0.15, 0.2) is 0 Å². The smallest absolute Gasteiger partial charge is 0.234 e. The Kier molecular flexibility index (Phi) is 7.15. The van der Waals surface area contributed by atoms with Gasteiger partial charge >= 0.3 is 0 Å². The minimum Gasteiger partial charge on any atom is -0.395 e. The zero-order valence-electron chi connectivity index (χ0n) is 11.9. The molecule has 0 radical (unpaired) electrons. The summed E-state index contributed by atoms with van der Waals surface area (Å²) in [5.74, 6) is 0.00229. The van der Waals surface area contributed by atoms with Gasteiger partial charge in [0.1, 0.15) is 0 Å². The lowest BCUT2D eigenvalue weighted by atomic mass is 10.1. The van der Waals surface area contributed by atoms with Gasteiger partial charge in [-0.25, -0.2) is 0 Å². The Bertz CT molecular complexity index is 370. The van der Waals surface area contributed by atoms with Gasteiger partial charge in [-0.05, 0) is 25.5 Å². The molecule has 0 heterocycles. The van der Waals surface area contributed by atoms with E-state index in [0.29, 0.717) is 19.6 Å². The van der Waals surface area contributed by atoms with Gasteiger partial charge in [0.25, 0.3) is 0 Å². The highest BCUT2D eigenvalue weighted by Gasteiger charge is 2.08. The molecule has 1 rings (SSSR count). The molecule has 0 saturated heterocycles. The number of nitrogens with zero attached hydrogens (tertiary/aromatic N) is 1. The van der Waals surface area contributed by atoms with Crippen LogP contribution >= 0.6 is 0 Å². The lowest BCUT2D eigenvalue weighted by molar-refractivity contribution is -0.122. The maximum Gasteiger partial charge on any atom is 0.234 e. The highest BCUT2D eigenvalue weighted by Crippen LogP contribution is 2.02. The zero-order valence-corrected chi connectivity index (χ0v) is 11.9. The third-order valence-electron chi connectivity index (χ3n) is 2.93. The minimum atomic E-state index is 0.00229. The van der Waals surface area contributed by atoms with Crippen molar-refractivity contribution in [2.75, 3.05) is 26.2 Å². The molecule has 0 saturated carbocycles. The molecule has 4 nitrogen and oxygen atoms in total. The SMILES string of the molecule is CCCN(CCO)CC(=O)NCc1ccc(C)cc1. The van der Waals surface area contributed by atoms with Gasteiger partial charge in [0.2, 0.25) is 5.91 Å². The van der Waals surface area contributed by atoms with Crippen molar-refractivity contribution in [2.24, 2.45) is 0 Å². The fourth-order valence-corrected chi connectivity index (χ4v) is 1.89. The van der Waals surface area contributed by atoms with Crippen LogP contribution in [0.15, 0.2) is 24.3 Å². The Labute approximate surface area is 115 Å². The molecule has 1 amide bonds. The summed E-state index contributed by atoms with van der Waals surface area (Å²) < 4.78 is 0. The Morgan fingerprint density at radius 1 is 1.26 bits per heavy atom. The lowest BCUT2D eigenvalue weighted by Crippen LogP contribution is -2.38. The first-order valence-electron chi connectivity index (χ1n) is 6.81. The van der Waals surface area contributed by atoms with E-state index in [4.69, 9.17) is 5.11 Å². The molecule has 19 heavy (non-hydrogen) atoms. The Balaban J connectivity index is 2.35.